The molecule has 3 nitrogen and oxygen atoms in total. The average molecular weight is 198 g/mol. The summed E-state index contributed by atoms with van der Waals surface area (Å²) in [6.45, 7) is 0. The minimum Gasteiger partial charge on any atom is -0.267 e. The van der Waals surface area contributed by atoms with Crippen LogP contribution in [0.15, 0.2) is 10.1 Å². The highest BCUT2D eigenvalue weighted by Gasteiger charge is 2.34. The lowest BCUT2D eigenvalue weighted by Crippen LogP contribution is -2.20. The molecule has 0 aromatic carbocycles. The minimum atomic E-state index is -0.681. The van der Waals surface area contributed by atoms with E-state index in [1.807, 2.05) is 0 Å². The topological polar surface area (TPSA) is 37.4 Å². The Labute approximate surface area is 72.1 Å². The number of hydrogen-bond acceptors (Lipinski definition) is 3. The first-order valence-corrected chi connectivity index (χ1v) is 3.34. The molecule has 0 aromatic heterocycles. The molecule has 0 saturated carbocycles. The van der Waals surface area contributed by atoms with Crippen LogP contribution in [0.4, 0.5) is 0 Å². The van der Waals surface area contributed by atoms with Gasteiger partial charge in [0.15, 0.2) is 0 Å². The summed E-state index contributed by atoms with van der Waals surface area (Å²) >= 11 is 14.1. The molecule has 0 aromatic rings. The van der Waals surface area contributed by atoms with Crippen molar-refractivity contribution in [1.82, 2.24) is 4.31 Å². The van der Waals surface area contributed by atoms with Crippen molar-refractivity contribution >= 4 is 47.8 Å². The maximum atomic E-state index is 10.7. The third-order valence-electron chi connectivity index (χ3n) is 0.953. The molecule has 0 aliphatic carbocycles. The fraction of sp³-hybridized carbons (Fsp3) is 0. The number of rotatable bonds is 0. The van der Waals surface area contributed by atoms with Gasteiger partial charge in [0.25, 0.3) is 11.8 Å². The summed E-state index contributed by atoms with van der Waals surface area (Å²) in [6, 6.07) is 0. The Kier molecular flexibility index (Phi) is 1.94. The molecule has 6 heteroatoms. The van der Waals surface area contributed by atoms with Gasteiger partial charge in [-0.3, -0.25) is 9.59 Å². The van der Waals surface area contributed by atoms with Gasteiger partial charge in [0.05, 0.1) is 0 Å². The van der Waals surface area contributed by atoms with E-state index in [2.05, 4.69) is 12.8 Å². The Bertz CT molecular complexity index is 226. The summed E-state index contributed by atoms with van der Waals surface area (Å²) in [7, 11) is 0. The first-order valence-electron chi connectivity index (χ1n) is 2.18. The van der Waals surface area contributed by atoms with Crippen LogP contribution in [0.2, 0.25) is 0 Å². The van der Waals surface area contributed by atoms with Crippen molar-refractivity contribution < 1.29 is 9.59 Å². The fourth-order valence-corrected chi connectivity index (χ4v) is 1.11. The number of nitrogens with zero attached hydrogens (tertiary/aromatic N) is 1. The molecule has 0 spiro atoms. The highest BCUT2D eigenvalue weighted by Crippen LogP contribution is 2.27. The molecular weight excluding hydrogens is 197 g/mol. The molecule has 1 aliphatic rings. The molecule has 1 rings (SSSR count). The number of halogens is 2. The lowest BCUT2D eigenvalue weighted by molar-refractivity contribution is -0.130. The summed E-state index contributed by atoms with van der Waals surface area (Å²) in [5, 5.41) is -0.552. The van der Waals surface area contributed by atoms with Crippen molar-refractivity contribution in [3.05, 3.63) is 10.1 Å². The Morgan fingerprint density at radius 2 is 1.40 bits per heavy atom. The number of hydrogen-bond donors (Lipinski definition) is 1. The van der Waals surface area contributed by atoms with Crippen molar-refractivity contribution in [2.75, 3.05) is 0 Å². The van der Waals surface area contributed by atoms with Crippen LogP contribution in [0.25, 0.3) is 0 Å². The Balaban J connectivity index is 3.11. The molecule has 1 heterocycles. The maximum absolute atomic E-state index is 10.7. The number of imide groups is 1. The third-order valence-corrected chi connectivity index (χ3v) is 2.11. The largest absolute Gasteiger partial charge is 0.284 e. The number of carbonyl (C=O) groups excluding carboxylic acids is 2. The molecule has 0 saturated heterocycles. The monoisotopic (exact) mass is 197 g/mol. The quantitative estimate of drug-likeness (QED) is 0.463. The Morgan fingerprint density at radius 1 is 1.10 bits per heavy atom. The minimum absolute atomic E-state index is 0.276. The van der Waals surface area contributed by atoms with Gasteiger partial charge in [-0.05, 0) is 0 Å². The second kappa shape index (κ2) is 2.45. The molecule has 0 N–H and O–H groups in total. The maximum Gasteiger partial charge on any atom is 0.284 e. The van der Waals surface area contributed by atoms with E-state index in [0.29, 0.717) is 4.31 Å². The van der Waals surface area contributed by atoms with Crippen molar-refractivity contribution in [1.29, 1.82) is 0 Å². The van der Waals surface area contributed by atoms with Crippen LogP contribution < -0.4 is 0 Å². The Hall–Kier alpha value is -0.190. The van der Waals surface area contributed by atoms with Crippen molar-refractivity contribution in [3.8, 4) is 0 Å². The standard InChI is InChI=1S/C4HCl2NO2S/c5-1-2(6)4(9)7(10)3(1)8/h10H. The van der Waals surface area contributed by atoms with E-state index in [4.69, 9.17) is 23.2 Å². The van der Waals surface area contributed by atoms with Crippen molar-refractivity contribution in [3.63, 3.8) is 0 Å². The van der Waals surface area contributed by atoms with E-state index in [-0.39, 0.29) is 10.1 Å². The van der Waals surface area contributed by atoms with Crippen molar-refractivity contribution in [2.45, 2.75) is 0 Å². The summed E-state index contributed by atoms with van der Waals surface area (Å²) in [6.07, 6.45) is 0. The summed E-state index contributed by atoms with van der Waals surface area (Å²) in [5.74, 6) is -1.36. The molecule has 2 amide bonds. The van der Waals surface area contributed by atoms with Crippen LogP contribution in [-0.2, 0) is 9.59 Å². The lowest BCUT2D eigenvalue weighted by Gasteiger charge is -2.00. The highest BCUT2D eigenvalue weighted by molar-refractivity contribution is 7.79. The van der Waals surface area contributed by atoms with Crippen LogP contribution >= 0.6 is 36.0 Å². The lowest BCUT2D eigenvalue weighted by atomic mass is 10.5. The molecule has 54 valence electrons. The number of carbonyl (C=O) groups is 2. The molecule has 1 aliphatic heterocycles. The van der Waals surface area contributed by atoms with Gasteiger partial charge in [-0.2, -0.15) is 0 Å². The molecular formula is C4HCl2NO2S. The second-order valence-corrected chi connectivity index (χ2v) is 2.71. The average Bonchev–Trinajstić information content (AvgIpc) is 2.07. The van der Waals surface area contributed by atoms with Crippen LogP contribution in [0.3, 0.4) is 0 Å². The van der Waals surface area contributed by atoms with Gasteiger partial charge in [0.1, 0.15) is 10.1 Å². The summed E-state index contributed by atoms with van der Waals surface area (Å²) < 4.78 is 0.560. The molecule has 0 fully saturated rings. The normalized spacial score (nSPS) is 19.3. The smallest absolute Gasteiger partial charge is 0.267 e. The molecule has 0 radical (unpaired) electrons. The predicted molar refractivity (Wildman–Crippen MR) is 39.6 cm³/mol. The van der Waals surface area contributed by atoms with E-state index in [9.17, 15) is 9.59 Å². The highest BCUT2D eigenvalue weighted by atomic mass is 35.5. The third kappa shape index (κ3) is 0.923. The van der Waals surface area contributed by atoms with Crippen LogP contribution in [0, 0.1) is 0 Å². The van der Waals surface area contributed by atoms with Crippen LogP contribution in [0.1, 0.15) is 0 Å². The van der Waals surface area contributed by atoms with E-state index >= 15 is 0 Å². The van der Waals surface area contributed by atoms with Gasteiger partial charge in [-0.25, -0.2) is 4.31 Å². The molecule has 0 unspecified atom stereocenters. The number of amides is 2. The number of thiol groups is 1. The second-order valence-electron chi connectivity index (χ2n) is 1.55. The van der Waals surface area contributed by atoms with E-state index < -0.39 is 11.8 Å². The summed E-state index contributed by atoms with van der Waals surface area (Å²) in [4.78, 5) is 21.4. The zero-order valence-corrected chi connectivity index (χ0v) is 6.87. The van der Waals surface area contributed by atoms with E-state index in [1.54, 1.807) is 0 Å². The SMILES string of the molecule is O=C1C(Cl)=C(Cl)C(=O)N1S. The van der Waals surface area contributed by atoms with Gasteiger partial charge >= 0.3 is 0 Å². The van der Waals surface area contributed by atoms with Gasteiger partial charge < -0.3 is 0 Å². The Morgan fingerprint density at radius 3 is 1.50 bits per heavy atom. The first kappa shape index (κ1) is 7.91. The predicted octanol–water partition coefficient (Wildman–Crippen LogP) is 0.889. The zero-order chi connectivity index (χ0) is 7.89. The fourth-order valence-electron chi connectivity index (χ4n) is 0.466. The molecule has 0 atom stereocenters. The molecule has 0 bridgehead atoms. The van der Waals surface area contributed by atoms with Gasteiger partial charge in [0, 0.05) is 0 Å². The zero-order valence-electron chi connectivity index (χ0n) is 4.47. The van der Waals surface area contributed by atoms with E-state index in [1.165, 1.54) is 0 Å². The van der Waals surface area contributed by atoms with E-state index in [0.717, 1.165) is 0 Å². The van der Waals surface area contributed by atoms with Crippen LogP contribution in [-0.4, -0.2) is 16.1 Å². The van der Waals surface area contributed by atoms with Crippen molar-refractivity contribution in [2.24, 2.45) is 0 Å². The van der Waals surface area contributed by atoms with Gasteiger partial charge in [-0.1, -0.05) is 36.0 Å². The first-order chi connectivity index (χ1) is 4.55. The summed E-state index contributed by atoms with van der Waals surface area (Å²) in [5.41, 5.74) is 0. The molecule has 10 heavy (non-hydrogen) atoms. The van der Waals surface area contributed by atoms with Gasteiger partial charge in [0.2, 0.25) is 0 Å². The van der Waals surface area contributed by atoms with Crippen LogP contribution in [0.5, 0.6) is 0 Å². The van der Waals surface area contributed by atoms with Gasteiger partial charge in [-0.15, -0.1) is 0 Å².